The molecule has 0 spiro atoms. The van der Waals surface area contributed by atoms with Crippen LogP contribution in [0, 0.1) is 39.9 Å². The van der Waals surface area contributed by atoms with Crippen molar-refractivity contribution in [2.75, 3.05) is 26.3 Å². The van der Waals surface area contributed by atoms with E-state index in [2.05, 4.69) is 60.0 Å². The number of nitrogens with zero attached hydrogens (tertiary/aromatic N) is 3. The molecule has 1 saturated heterocycles. The summed E-state index contributed by atoms with van der Waals surface area (Å²) in [6.07, 6.45) is 4.16. The fourth-order valence-electron chi connectivity index (χ4n) is 11.3. The van der Waals surface area contributed by atoms with Crippen molar-refractivity contribution in [3.8, 4) is 22.3 Å². The number of aliphatic hydroxyl groups is 1. The molecule has 362 valence electrons. The van der Waals surface area contributed by atoms with Gasteiger partial charge in [0.1, 0.15) is 36.6 Å². The third kappa shape index (κ3) is 10.4. The molecular formula is C51H68ClN7O7S. The summed E-state index contributed by atoms with van der Waals surface area (Å²) in [5.41, 5.74) is 3.52. The maximum Gasteiger partial charge on any atom is 0.246 e. The van der Waals surface area contributed by atoms with E-state index < -0.39 is 35.4 Å². The van der Waals surface area contributed by atoms with Crippen LogP contribution in [0.3, 0.4) is 0 Å². The number of aryl methyl sites for hydroxylation is 1. The van der Waals surface area contributed by atoms with Crippen LogP contribution in [0.2, 0.25) is 5.02 Å². The van der Waals surface area contributed by atoms with Crippen molar-refractivity contribution in [2.45, 2.75) is 149 Å². The Hall–Kier alpha value is -4.59. The molecule has 4 aliphatic carbocycles. The molecule has 14 nitrogen and oxygen atoms in total. The van der Waals surface area contributed by atoms with E-state index in [1.165, 1.54) is 4.90 Å². The number of nitriles is 1. The Morgan fingerprint density at radius 2 is 1.70 bits per heavy atom. The van der Waals surface area contributed by atoms with Gasteiger partial charge in [0.2, 0.25) is 23.6 Å². The second kappa shape index (κ2) is 19.4. The topological polar surface area (TPSA) is 195 Å². The van der Waals surface area contributed by atoms with Crippen LogP contribution < -0.4 is 26.0 Å². The van der Waals surface area contributed by atoms with Crippen molar-refractivity contribution in [3.63, 3.8) is 0 Å². The summed E-state index contributed by atoms with van der Waals surface area (Å²) in [7, 11) is 0. The van der Waals surface area contributed by atoms with E-state index in [-0.39, 0.29) is 71.4 Å². The van der Waals surface area contributed by atoms with E-state index in [1.54, 1.807) is 29.5 Å². The smallest absolute Gasteiger partial charge is 0.246 e. The lowest BCUT2D eigenvalue weighted by molar-refractivity contribution is -0.199. The van der Waals surface area contributed by atoms with E-state index in [0.29, 0.717) is 22.9 Å². The lowest BCUT2D eigenvalue weighted by Crippen LogP contribution is -2.81. The van der Waals surface area contributed by atoms with Crippen molar-refractivity contribution in [2.24, 2.45) is 21.7 Å². The van der Waals surface area contributed by atoms with E-state index in [9.17, 15) is 29.5 Å². The molecule has 5 fully saturated rings. The average molecular weight is 959 g/mol. The number of likely N-dealkylation sites (tertiary alicyclic amines) is 1. The summed E-state index contributed by atoms with van der Waals surface area (Å²) in [6.45, 7) is 18.9. The summed E-state index contributed by atoms with van der Waals surface area (Å²) in [5.74, 6) is -0.477. The molecule has 1 aliphatic heterocycles. The Morgan fingerprint density at radius 1 is 1.01 bits per heavy atom. The first-order valence-electron chi connectivity index (χ1n) is 23.6. The standard InChI is InChI=1S/C51H68ClN7O7S/c1-30(32-13-15-33(16-14-32)40-31(2)54-29-67-40)56-42(62)38-21-35(60)24-59(38)43(63)41(47(3,4)5)57-39(61)25-65-20-12-10-11-19-55-51-26-50(27-51,28-51)46(64)58-44-48(6,7)45(49(44,8)9)66-36-18-17-34(23-53)37(52)22-36/h13-18,22,29-30,35,38,41,44-45,55,60H,10-12,19-21,24-28H2,1-9H3,(H,56,62)(H,57,61)(H,58,64)/t30-,35+,38-,41+,44?,45?,50?,51?/m0/s1. The third-order valence-corrected chi connectivity index (χ3v) is 16.0. The number of amides is 4. The van der Waals surface area contributed by atoms with Gasteiger partial charge in [0.15, 0.2) is 0 Å². The third-order valence-electron chi connectivity index (χ3n) is 14.7. The normalized spacial score (nSPS) is 26.4. The number of unbranched alkanes of at least 4 members (excludes halogenated alkanes) is 2. The molecule has 4 amide bonds. The highest BCUT2D eigenvalue weighted by atomic mass is 35.5. The minimum atomic E-state index is -0.942. The number of benzene rings is 2. The van der Waals surface area contributed by atoms with Crippen molar-refractivity contribution in [3.05, 3.63) is 69.8 Å². The van der Waals surface area contributed by atoms with Crippen LogP contribution in [0.15, 0.2) is 48.0 Å². The Morgan fingerprint density at radius 3 is 2.31 bits per heavy atom. The highest BCUT2D eigenvalue weighted by Gasteiger charge is 2.73. The molecule has 0 radical (unpaired) electrons. The Bertz CT molecular complexity index is 2340. The number of β-amino-alcohol motifs (C(OH)–C–C–N with tert-alkyl or cyclic N) is 1. The van der Waals surface area contributed by atoms with Gasteiger partial charge in [-0.25, -0.2) is 4.98 Å². The number of aliphatic hydroxyl groups excluding tert-OH is 1. The number of carbonyl (C=O) groups excluding carboxylic acids is 4. The van der Waals surface area contributed by atoms with E-state index >= 15 is 0 Å². The molecule has 4 saturated carbocycles. The fraction of sp³-hybridized carbons (Fsp3) is 0.608. The van der Waals surface area contributed by atoms with Crippen LogP contribution in [-0.4, -0.2) is 101 Å². The van der Waals surface area contributed by atoms with Crippen LogP contribution in [0.1, 0.15) is 123 Å². The van der Waals surface area contributed by atoms with Crippen LogP contribution in [0.5, 0.6) is 5.75 Å². The number of nitrogens with one attached hydrogen (secondary N) is 4. The summed E-state index contributed by atoms with van der Waals surface area (Å²) in [6, 6.07) is 12.9. The van der Waals surface area contributed by atoms with Crippen molar-refractivity contribution < 1.29 is 33.8 Å². The first-order chi connectivity index (χ1) is 31.5. The molecule has 2 heterocycles. The van der Waals surface area contributed by atoms with Gasteiger partial charge in [-0.15, -0.1) is 11.3 Å². The highest BCUT2D eigenvalue weighted by Crippen LogP contribution is 2.68. The van der Waals surface area contributed by atoms with Gasteiger partial charge in [0, 0.05) is 48.0 Å². The Kier molecular flexibility index (Phi) is 14.6. The van der Waals surface area contributed by atoms with Gasteiger partial charge < -0.3 is 40.7 Å². The molecule has 5 N–H and O–H groups in total. The van der Waals surface area contributed by atoms with Crippen molar-refractivity contribution in [1.29, 1.82) is 5.26 Å². The van der Waals surface area contributed by atoms with Crippen LogP contribution >= 0.6 is 22.9 Å². The molecular weight excluding hydrogens is 890 g/mol. The van der Waals surface area contributed by atoms with Gasteiger partial charge in [0.25, 0.3) is 0 Å². The number of rotatable bonds is 19. The molecule has 2 aromatic carbocycles. The average Bonchev–Trinajstić information content (AvgIpc) is 3.86. The predicted octanol–water partition coefficient (Wildman–Crippen LogP) is 7.01. The number of ether oxygens (including phenoxy) is 2. The maximum atomic E-state index is 14.1. The minimum Gasteiger partial charge on any atom is -0.489 e. The zero-order chi connectivity index (χ0) is 48.7. The Labute approximate surface area is 404 Å². The minimum absolute atomic E-state index is 0.00611. The molecule has 1 aromatic heterocycles. The quantitative estimate of drug-likeness (QED) is 0.0781. The zero-order valence-corrected chi connectivity index (χ0v) is 42.0. The Balaban J connectivity index is 0.786. The highest BCUT2D eigenvalue weighted by molar-refractivity contribution is 7.13. The second-order valence-corrected chi connectivity index (χ2v) is 23.1. The number of hydrogen-bond donors (Lipinski definition) is 5. The number of carbonyl (C=O) groups is 4. The monoisotopic (exact) mass is 957 g/mol. The van der Waals surface area contributed by atoms with Crippen LogP contribution in [-0.2, 0) is 23.9 Å². The van der Waals surface area contributed by atoms with Gasteiger partial charge >= 0.3 is 0 Å². The summed E-state index contributed by atoms with van der Waals surface area (Å²) in [5, 5.41) is 33.2. The van der Waals surface area contributed by atoms with Crippen LogP contribution in [0.25, 0.3) is 10.4 Å². The maximum absolute atomic E-state index is 14.1. The number of aromatic nitrogens is 1. The number of hydrogen-bond acceptors (Lipinski definition) is 11. The molecule has 4 atom stereocenters. The molecule has 67 heavy (non-hydrogen) atoms. The van der Waals surface area contributed by atoms with Crippen LogP contribution in [0.4, 0.5) is 0 Å². The predicted molar refractivity (Wildman–Crippen MR) is 258 cm³/mol. The van der Waals surface area contributed by atoms with E-state index in [4.69, 9.17) is 21.1 Å². The van der Waals surface area contributed by atoms with Gasteiger partial charge in [-0.3, -0.25) is 19.2 Å². The molecule has 8 rings (SSSR count). The SMILES string of the molecule is Cc1ncsc1-c1ccc([C@H](C)NC(=O)[C@@H]2C[C@@H](O)CN2C(=O)[C@@H](NC(=O)COCCCCCNC23CC(C(=O)NC4C(C)(C)C(Oc5ccc(C#N)c(Cl)c5)C4(C)C)(C2)C3)C(C)(C)C)cc1. The van der Waals surface area contributed by atoms with Crippen molar-refractivity contribution >= 4 is 46.6 Å². The van der Waals surface area contributed by atoms with Gasteiger partial charge in [0.05, 0.1) is 44.2 Å². The van der Waals surface area contributed by atoms with Gasteiger partial charge in [-0.1, -0.05) is 84.3 Å². The molecule has 5 aliphatic rings. The number of halogens is 1. The van der Waals surface area contributed by atoms with E-state index in [0.717, 1.165) is 66.8 Å². The van der Waals surface area contributed by atoms with E-state index in [1.807, 2.05) is 64.4 Å². The molecule has 16 heteroatoms. The largest absolute Gasteiger partial charge is 0.489 e. The van der Waals surface area contributed by atoms with Gasteiger partial charge in [-0.05, 0) is 87.6 Å². The van der Waals surface area contributed by atoms with Gasteiger partial charge in [-0.2, -0.15) is 5.26 Å². The first kappa shape index (κ1) is 50.3. The van der Waals surface area contributed by atoms with Crippen molar-refractivity contribution in [1.82, 2.24) is 31.2 Å². The second-order valence-electron chi connectivity index (χ2n) is 21.8. The summed E-state index contributed by atoms with van der Waals surface area (Å²) >= 11 is 7.84. The summed E-state index contributed by atoms with van der Waals surface area (Å²) < 4.78 is 12.1. The zero-order valence-electron chi connectivity index (χ0n) is 40.4. The summed E-state index contributed by atoms with van der Waals surface area (Å²) in [4.78, 5) is 61.3. The lowest BCUT2D eigenvalue weighted by atomic mass is 9.38. The first-order valence-corrected chi connectivity index (χ1v) is 24.8. The molecule has 3 aromatic rings. The fourth-order valence-corrected chi connectivity index (χ4v) is 12.4. The molecule has 2 bridgehead atoms. The molecule has 0 unspecified atom stereocenters. The lowest BCUT2D eigenvalue weighted by Gasteiger charge is -2.71. The number of thiazole rings is 1.